The van der Waals surface area contributed by atoms with Gasteiger partial charge in [-0.25, -0.2) is 9.13 Å². The van der Waals surface area contributed by atoms with Gasteiger partial charge in [0.25, 0.3) is 0 Å². The van der Waals surface area contributed by atoms with Crippen molar-refractivity contribution < 1.29 is 75.8 Å². The summed E-state index contributed by atoms with van der Waals surface area (Å²) in [6.07, 6.45) is 89.6. The van der Waals surface area contributed by atoms with Gasteiger partial charge in [-0.2, -0.15) is 0 Å². The lowest BCUT2D eigenvalue weighted by Crippen LogP contribution is -2.30. The van der Waals surface area contributed by atoms with Crippen LogP contribution in [0.2, 0.25) is 0 Å². The molecule has 0 aromatic heterocycles. The van der Waals surface area contributed by atoms with Crippen molar-refractivity contribution in [3.63, 3.8) is 0 Å². The molecule has 0 fully saturated rings. The smallest absolute Gasteiger partial charge is 0.463 e. The van der Waals surface area contributed by atoms with Gasteiger partial charge in [-0.15, -0.1) is 0 Å². The van der Waals surface area contributed by atoms with E-state index in [4.69, 9.17) is 32.3 Å². The van der Waals surface area contributed by atoms with Crippen LogP contribution in [0.4, 0.5) is 0 Å². The third-order valence-electron chi connectivity index (χ3n) is 16.7. The summed E-state index contributed by atoms with van der Waals surface area (Å²) in [6, 6.07) is 0. The van der Waals surface area contributed by atoms with Crippen LogP contribution < -0.4 is 0 Å². The molecule has 5 unspecified atom stereocenters. The third kappa shape index (κ3) is 76.9. The van der Waals surface area contributed by atoms with Gasteiger partial charge in [0, 0.05) is 19.3 Å². The van der Waals surface area contributed by atoms with Crippen molar-refractivity contribution in [1.29, 1.82) is 0 Å². The lowest BCUT2D eigenvalue weighted by molar-refractivity contribution is -0.161. The van der Waals surface area contributed by atoms with Gasteiger partial charge in [0.05, 0.1) is 26.4 Å². The number of carbonyl (C=O) groups is 3. The molecule has 0 aliphatic heterocycles. The Morgan fingerprint density at radius 1 is 0.287 bits per heavy atom. The van der Waals surface area contributed by atoms with Crippen LogP contribution in [0.25, 0.3) is 0 Å². The molecule has 4 N–H and O–H groups in total. The zero-order valence-electron chi connectivity index (χ0n) is 63.5. The first kappa shape index (κ1) is 97.0. The summed E-state index contributed by atoms with van der Waals surface area (Å²) in [4.78, 5) is 58.6. The fourth-order valence-electron chi connectivity index (χ4n) is 10.6. The zero-order valence-corrected chi connectivity index (χ0v) is 65.3. The average molecular weight is 1460 g/mol. The largest absolute Gasteiger partial charge is 0.472 e. The summed E-state index contributed by atoms with van der Waals surface area (Å²) in [6.45, 7) is 2.54. The highest BCUT2D eigenvalue weighted by Crippen LogP contribution is 2.45. The molecular weight excluding hydrogens is 1310 g/mol. The fourth-order valence-corrected chi connectivity index (χ4v) is 12.2. The normalized spacial score (nSPS) is 14.6. The summed E-state index contributed by atoms with van der Waals surface area (Å²) in [5, 5.41) is 20.6. The summed E-state index contributed by atoms with van der Waals surface area (Å²) < 4.78 is 61.1. The van der Waals surface area contributed by atoms with Gasteiger partial charge in [0.1, 0.15) is 25.4 Å². The van der Waals surface area contributed by atoms with Crippen LogP contribution in [0.1, 0.15) is 329 Å². The number of rotatable bonds is 75. The van der Waals surface area contributed by atoms with E-state index in [0.717, 1.165) is 148 Å². The molecule has 0 radical (unpaired) electrons. The first-order valence-electron chi connectivity index (χ1n) is 39.8. The van der Waals surface area contributed by atoms with Crippen molar-refractivity contribution in [3.05, 3.63) is 122 Å². The summed E-state index contributed by atoms with van der Waals surface area (Å²) >= 11 is 0. The number of esters is 3. The van der Waals surface area contributed by atoms with E-state index in [0.29, 0.717) is 19.3 Å². The third-order valence-corrected chi connectivity index (χ3v) is 18.6. The summed E-state index contributed by atoms with van der Waals surface area (Å²) in [7, 11) is -9.79. The Kier molecular flexibility index (Phi) is 72.6. The van der Waals surface area contributed by atoms with E-state index in [1.54, 1.807) is 0 Å². The summed E-state index contributed by atoms with van der Waals surface area (Å²) in [5.74, 6) is -1.59. The Labute approximate surface area is 614 Å². The van der Waals surface area contributed by atoms with Crippen LogP contribution in [0, 0.1) is 0 Å². The van der Waals surface area contributed by atoms with Crippen molar-refractivity contribution in [2.24, 2.45) is 0 Å². The van der Waals surface area contributed by atoms with Gasteiger partial charge in [-0.3, -0.25) is 32.5 Å². The molecule has 0 spiro atoms. The molecule has 0 saturated carbocycles. The lowest BCUT2D eigenvalue weighted by atomic mass is 10.0. The molecule has 0 aliphatic rings. The standard InChI is InChI=1S/C83H144O16P2/c1-4-7-10-13-16-19-22-25-27-29-31-33-35-37-38-40-42-43-45-47-49-52-54-57-60-63-66-69-81(86)93-72-78(84)73-95-100(89,90)96-74-79(85)75-97-101(91,92)98-77-80(99-83(88)71-68-65-62-59-56-51-24-21-18-15-12-9-6-3)76-94-82(87)70-67-64-61-58-55-53-50-48-46-44-41-39-36-34-32-30-28-26-23-20-17-14-11-8-5-2/h8,11,16-17,19-20,25-28,31-34,37-39,41,46,48,78-80,84-85H,4-7,9-10,12-15,18,21-24,29-30,35-36,40,42-45,47,49-77H2,1-3H3,(H,89,90)(H,91,92)/b11-8-,19-16-,20-17-,27-25-,28-26-,33-31-,34-32-,38-37-,41-39-,48-46-. The fraction of sp³-hybridized carbons (Fsp3) is 0.723. The molecular formula is C83H144O16P2. The monoisotopic (exact) mass is 1460 g/mol. The molecule has 582 valence electrons. The van der Waals surface area contributed by atoms with E-state index in [-0.39, 0.29) is 19.3 Å². The highest BCUT2D eigenvalue weighted by Gasteiger charge is 2.29. The van der Waals surface area contributed by atoms with Crippen LogP contribution in [0.5, 0.6) is 0 Å². The second kappa shape index (κ2) is 75.6. The van der Waals surface area contributed by atoms with Crippen LogP contribution in [-0.2, 0) is 55.8 Å². The zero-order chi connectivity index (χ0) is 73.7. The number of phosphoric ester groups is 2. The van der Waals surface area contributed by atoms with Crippen LogP contribution >= 0.6 is 15.6 Å². The van der Waals surface area contributed by atoms with E-state index in [1.807, 2.05) is 0 Å². The first-order valence-corrected chi connectivity index (χ1v) is 42.8. The van der Waals surface area contributed by atoms with E-state index < -0.39 is 91.5 Å². The van der Waals surface area contributed by atoms with Gasteiger partial charge in [0.15, 0.2) is 6.10 Å². The molecule has 101 heavy (non-hydrogen) atoms. The lowest BCUT2D eigenvalue weighted by Gasteiger charge is -2.21. The summed E-state index contributed by atoms with van der Waals surface area (Å²) in [5.41, 5.74) is 0. The van der Waals surface area contributed by atoms with E-state index in [2.05, 4.69) is 142 Å². The number of hydrogen-bond acceptors (Lipinski definition) is 14. The van der Waals surface area contributed by atoms with Crippen LogP contribution in [0.3, 0.4) is 0 Å². The maximum Gasteiger partial charge on any atom is 0.472 e. The molecule has 0 aliphatic carbocycles. The molecule has 0 amide bonds. The van der Waals surface area contributed by atoms with Crippen molar-refractivity contribution in [2.45, 2.75) is 347 Å². The Hall–Kier alpha value is -4.05. The van der Waals surface area contributed by atoms with Gasteiger partial charge in [-0.05, 0) is 116 Å². The van der Waals surface area contributed by atoms with Crippen molar-refractivity contribution >= 4 is 33.6 Å². The average Bonchev–Trinajstić information content (AvgIpc) is 0.943. The van der Waals surface area contributed by atoms with Gasteiger partial charge >= 0.3 is 33.6 Å². The van der Waals surface area contributed by atoms with E-state index >= 15 is 0 Å². The first-order chi connectivity index (χ1) is 49.2. The van der Waals surface area contributed by atoms with Crippen molar-refractivity contribution in [3.8, 4) is 0 Å². The number of phosphoric acid groups is 2. The van der Waals surface area contributed by atoms with Crippen molar-refractivity contribution in [1.82, 2.24) is 0 Å². The quantitative estimate of drug-likeness (QED) is 0.0146. The SMILES string of the molecule is CC/C=C\C/C=C\C/C=C\C/C=C\C/C=C\C/C=C\CCCCCCCCC(=O)OCC(COP(=O)(O)OCC(O)COP(=O)(O)OCC(O)COC(=O)CCCCCCCCCCCCC/C=C\C/C=C\C/C=C\C/C=C\CCCCC)OC(=O)CCCCCCCCCCCCCCC. The second-order valence-corrected chi connectivity index (χ2v) is 29.4. The molecule has 0 rings (SSSR count). The molecule has 16 nitrogen and oxygen atoms in total. The van der Waals surface area contributed by atoms with Crippen LogP contribution in [-0.4, -0.2) is 95.9 Å². The number of allylic oxidation sites excluding steroid dienone is 20. The minimum Gasteiger partial charge on any atom is -0.463 e. The second-order valence-electron chi connectivity index (χ2n) is 26.5. The van der Waals surface area contributed by atoms with E-state index in [9.17, 15) is 43.5 Å². The maximum absolute atomic E-state index is 13.0. The highest BCUT2D eigenvalue weighted by atomic mass is 31.2. The van der Waals surface area contributed by atoms with Crippen LogP contribution in [0.15, 0.2) is 122 Å². The Bertz CT molecular complexity index is 2320. The van der Waals surface area contributed by atoms with Gasteiger partial charge < -0.3 is 34.2 Å². The predicted octanol–water partition coefficient (Wildman–Crippen LogP) is 23.3. The Balaban J connectivity index is 4.54. The number of ether oxygens (including phenoxy) is 3. The van der Waals surface area contributed by atoms with E-state index in [1.165, 1.54) is 122 Å². The maximum atomic E-state index is 13.0. The molecule has 0 saturated heterocycles. The Morgan fingerprint density at radius 3 is 0.851 bits per heavy atom. The molecule has 0 heterocycles. The number of hydrogen-bond donors (Lipinski definition) is 4. The molecule has 0 bridgehead atoms. The molecule has 18 heteroatoms. The number of unbranched alkanes of at least 4 members (excludes halogenated alkanes) is 32. The molecule has 0 aromatic rings. The van der Waals surface area contributed by atoms with Crippen molar-refractivity contribution in [2.75, 3.05) is 39.6 Å². The number of aliphatic hydroxyl groups is 2. The molecule has 0 aromatic carbocycles. The Morgan fingerprint density at radius 2 is 0.525 bits per heavy atom. The molecule has 5 atom stereocenters. The van der Waals surface area contributed by atoms with Gasteiger partial charge in [-0.1, -0.05) is 316 Å². The van der Waals surface area contributed by atoms with Gasteiger partial charge in [0.2, 0.25) is 0 Å². The predicted molar refractivity (Wildman–Crippen MR) is 417 cm³/mol. The highest BCUT2D eigenvalue weighted by molar-refractivity contribution is 7.47. The topological polar surface area (TPSA) is 231 Å². The minimum absolute atomic E-state index is 0.102. The number of carbonyl (C=O) groups excluding carboxylic acids is 3. The minimum atomic E-state index is -4.93. The number of aliphatic hydroxyl groups excluding tert-OH is 2.